The van der Waals surface area contributed by atoms with Crippen LogP contribution < -0.4 is 15.4 Å². The van der Waals surface area contributed by atoms with Gasteiger partial charge in [0.25, 0.3) is 5.91 Å². The van der Waals surface area contributed by atoms with Gasteiger partial charge < -0.3 is 20.7 Å². The summed E-state index contributed by atoms with van der Waals surface area (Å²) in [6.45, 7) is 5.44. The Hall–Kier alpha value is -1.95. The van der Waals surface area contributed by atoms with Crippen LogP contribution >= 0.6 is 0 Å². The summed E-state index contributed by atoms with van der Waals surface area (Å²) in [6.07, 6.45) is 4.25. The number of carbonyl (C=O) groups is 2. The lowest BCUT2D eigenvalue weighted by molar-refractivity contribution is -0.123. The molecule has 1 aromatic carbocycles. The molecule has 11 heteroatoms. The molecular formula is C20H34BN3O6S. The van der Waals surface area contributed by atoms with Gasteiger partial charge in [-0.15, -0.1) is 0 Å². The topological polar surface area (TPSA) is 145 Å². The molecule has 5 N–H and O–H groups in total. The van der Waals surface area contributed by atoms with Gasteiger partial charge in [0.1, 0.15) is 6.04 Å². The lowest BCUT2D eigenvalue weighted by atomic mass is 9.75. The Morgan fingerprint density at radius 1 is 1.10 bits per heavy atom. The third-order valence-electron chi connectivity index (χ3n) is 4.62. The van der Waals surface area contributed by atoms with E-state index in [1.54, 1.807) is 12.1 Å². The SMILES string of the molecule is CCCCc1ccc(C(=O)N[C@@H](CNS(C)(=O)=O)C(=O)N[C@@H](CC(C)C)B(O)O)cc1. The average molecular weight is 455 g/mol. The number of amides is 2. The highest BCUT2D eigenvalue weighted by molar-refractivity contribution is 7.88. The summed E-state index contributed by atoms with van der Waals surface area (Å²) in [6, 6.07) is 5.75. The second-order valence-electron chi connectivity index (χ2n) is 8.11. The maximum atomic E-state index is 12.7. The van der Waals surface area contributed by atoms with Crippen molar-refractivity contribution in [2.45, 2.75) is 58.4 Å². The van der Waals surface area contributed by atoms with Crippen LogP contribution in [0.1, 0.15) is 56.0 Å². The van der Waals surface area contributed by atoms with Crippen molar-refractivity contribution in [2.24, 2.45) is 5.92 Å². The van der Waals surface area contributed by atoms with Crippen molar-refractivity contribution in [1.82, 2.24) is 15.4 Å². The second kappa shape index (κ2) is 12.8. The zero-order valence-corrected chi connectivity index (χ0v) is 19.4. The molecule has 1 rings (SSSR count). The minimum Gasteiger partial charge on any atom is -0.426 e. The van der Waals surface area contributed by atoms with E-state index in [9.17, 15) is 28.1 Å². The summed E-state index contributed by atoms with van der Waals surface area (Å²) in [4.78, 5) is 25.4. The average Bonchev–Trinajstić information content (AvgIpc) is 2.68. The van der Waals surface area contributed by atoms with Gasteiger partial charge in [-0.3, -0.25) is 9.59 Å². The van der Waals surface area contributed by atoms with Gasteiger partial charge in [-0.2, -0.15) is 0 Å². The third kappa shape index (κ3) is 10.8. The Bertz CT molecular complexity index is 815. The highest BCUT2D eigenvalue weighted by Gasteiger charge is 2.30. The highest BCUT2D eigenvalue weighted by Crippen LogP contribution is 2.09. The molecule has 1 aromatic rings. The minimum atomic E-state index is -3.61. The fourth-order valence-corrected chi connectivity index (χ4v) is 3.41. The maximum Gasteiger partial charge on any atom is 0.475 e. The molecule has 2 atom stereocenters. The molecule has 0 radical (unpaired) electrons. The molecule has 0 aliphatic carbocycles. The van der Waals surface area contributed by atoms with Gasteiger partial charge in [0, 0.05) is 12.1 Å². The molecule has 0 aromatic heterocycles. The van der Waals surface area contributed by atoms with E-state index >= 15 is 0 Å². The van der Waals surface area contributed by atoms with Crippen LogP contribution in [-0.2, 0) is 21.2 Å². The van der Waals surface area contributed by atoms with Crippen molar-refractivity contribution in [3.63, 3.8) is 0 Å². The summed E-state index contributed by atoms with van der Waals surface area (Å²) < 4.78 is 25.2. The normalized spacial score (nSPS) is 13.5. The largest absolute Gasteiger partial charge is 0.475 e. The van der Waals surface area contributed by atoms with Crippen molar-refractivity contribution in [3.05, 3.63) is 35.4 Å². The van der Waals surface area contributed by atoms with Crippen molar-refractivity contribution in [3.8, 4) is 0 Å². The standard InChI is InChI=1S/C20H34BN3O6S/c1-5-6-7-15-8-10-16(11-9-15)19(25)23-17(13-22-31(4,29)30)20(26)24-18(21(27)28)12-14(2)3/h8-11,14,17-18,22,27-28H,5-7,12-13H2,1-4H3,(H,23,25)(H,24,26)/t17-,18-/m0/s1. The molecule has 0 unspecified atom stereocenters. The number of aryl methyl sites for hydroxylation is 1. The first-order chi connectivity index (χ1) is 14.4. The van der Waals surface area contributed by atoms with Crippen LogP contribution in [0.3, 0.4) is 0 Å². The Morgan fingerprint density at radius 3 is 2.19 bits per heavy atom. The van der Waals surface area contributed by atoms with Gasteiger partial charge in [0.2, 0.25) is 15.9 Å². The summed E-state index contributed by atoms with van der Waals surface area (Å²) in [5.74, 6) is -2.14. The predicted octanol–water partition coefficient (Wildman–Crippen LogP) is 0.220. The number of carbonyl (C=O) groups excluding carboxylic acids is 2. The van der Waals surface area contributed by atoms with Crippen LogP contribution in [0.2, 0.25) is 0 Å². The lowest BCUT2D eigenvalue weighted by Crippen LogP contribution is -2.57. The van der Waals surface area contributed by atoms with Crippen molar-refractivity contribution < 1.29 is 28.1 Å². The molecule has 31 heavy (non-hydrogen) atoms. The Morgan fingerprint density at radius 2 is 1.71 bits per heavy atom. The minimum absolute atomic E-state index is 0.0699. The first-order valence-corrected chi connectivity index (χ1v) is 12.3. The quantitative estimate of drug-likeness (QED) is 0.269. The number of unbranched alkanes of at least 4 members (excludes halogenated alkanes) is 1. The van der Waals surface area contributed by atoms with Crippen LogP contribution in [0.4, 0.5) is 0 Å². The van der Waals surface area contributed by atoms with Gasteiger partial charge in [-0.05, 0) is 42.9 Å². The highest BCUT2D eigenvalue weighted by atomic mass is 32.2. The van der Waals surface area contributed by atoms with Crippen molar-refractivity contribution in [1.29, 1.82) is 0 Å². The second-order valence-corrected chi connectivity index (χ2v) is 9.94. The molecular weight excluding hydrogens is 421 g/mol. The molecule has 0 saturated heterocycles. The zero-order valence-electron chi connectivity index (χ0n) is 18.6. The van der Waals surface area contributed by atoms with Crippen LogP contribution in [0.5, 0.6) is 0 Å². The fourth-order valence-electron chi connectivity index (χ4n) is 2.94. The summed E-state index contributed by atoms with van der Waals surface area (Å²) >= 11 is 0. The number of hydrogen-bond donors (Lipinski definition) is 5. The van der Waals surface area contributed by atoms with Crippen LogP contribution in [0.15, 0.2) is 24.3 Å². The van der Waals surface area contributed by atoms with Gasteiger partial charge in [-0.25, -0.2) is 13.1 Å². The molecule has 0 heterocycles. The van der Waals surface area contributed by atoms with E-state index in [1.807, 2.05) is 26.0 Å². The molecule has 0 spiro atoms. The van der Waals surface area contributed by atoms with E-state index in [0.717, 1.165) is 31.1 Å². The smallest absolute Gasteiger partial charge is 0.426 e. The molecule has 0 bridgehead atoms. The first-order valence-electron chi connectivity index (χ1n) is 10.4. The predicted molar refractivity (Wildman–Crippen MR) is 121 cm³/mol. The lowest BCUT2D eigenvalue weighted by Gasteiger charge is -2.24. The van der Waals surface area contributed by atoms with E-state index in [1.165, 1.54) is 0 Å². The number of nitrogens with one attached hydrogen (secondary N) is 3. The maximum absolute atomic E-state index is 12.7. The van der Waals surface area contributed by atoms with Crippen LogP contribution in [-0.4, -0.2) is 62.2 Å². The van der Waals surface area contributed by atoms with E-state index in [-0.39, 0.29) is 12.5 Å². The number of rotatable bonds is 13. The Balaban J connectivity index is 2.93. The summed E-state index contributed by atoms with van der Waals surface area (Å²) in [5.41, 5.74) is 1.43. The molecule has 0 fully saturated rings. The molecule has 9 nitrogen and oxygen atoms in total. The zero-order chi connectivity index (χ0) is 23.6. The van der Waals surface area contributed by atoms with Crippen LogP contribution in [0, 0.1) is 5.92 Å². The number of benzene rings is 1. The van der Waals surface area contributed by atoms with Gasteiger partial charge in [0.15, 0.2) is 0 Å². The van der Waals surface area contributed by atoms with E-state index in [0.29, 0.717) is 12.0 Å². The van der Waals surface area contributed by atoms with Gasteiger partial charge in [-0.1, -0.05) is 39.3 Å². The van der Waals surface area contributed by atoms with Crippen LogP contribution in [0.25, 0.3) is 0 Å². The Labute approximate surface area is 185 Å². The number of hydrogen-bond acceptors (Lipinski definition) is 6. The monoisotopic (exact) mass is 455 g/mol. The number of sulfonamides is 1. The third-order valence-corrected chi connectivity index (χ3v) is 5.31. The molecule has 2 amide bonds. The summed E-state index contributed by atoms with van der Waals surface area (Å²) in [7, 11) is -5.40. The Kier molecular flexibility index (Phi) is 11.2. The molecule has 0 aliphatic heterocycles. The van der Waals surface area contributed by atoms with E-state index < -0.39 is 40.9 Å². The van der Waals surface area contributed by atoms with Crippen molar-refractivity contribution in [2.75, 3.05) is 12.8 Å². The van der Waals surface area contributed by atoms with Crippen molar-refractivity contribution >= 4 is 29.0 Å². The van der Waals surface area contributed by atoms with E-state index in [2.05, 4.69) is 22.3 Å². The molecule has 174 valence electrons. The van der Waals surface area contributed by atoms with Gasteiger partial charge >= 0.3 is 7.12 Å². The molecule has 0 aliphatic rings. The fraction of sp³-hybridized carbons (Fsp3) is 0.600. The van der Waals surface area contributed by atoms with E-state index in [4.69, 9.17) is 0 Å². The molecule has 0 saturated carbocycles. The summed E-state index contributed by atoms with van der Waals surface area (Å²) in [5, 5.41) is 24.1. The first kappa shape index (κ1) is 27.1. The van der Waals surface area contributed by atoms with Gasteiger partial charge in [0.05, 0.1) is 12.2 Å².